The molecular formula is C22H19F3N4O3S. The van der Waals surface area contributed by atoms with Crippen molar-refractivity contribution < 1.29 is 26.3 Å². The smallest absolute Gasteiger partial charge is 0.466 e. The molecule has 3 aromatic rings. The molecule has 1 unspecified atom stereocenters. The van der Waals surface area contributed by atoms with E-state index in [0.717, 1.165) is 24.3 Å². The highest BCUT2D eigenvalue weighted by molar-refractivity contribution is 7.92. The highest BCUT2D eigenvalue weighted by Crippen LogP contribution is 2.28. The molecule has 11 heteroatoms. The molecule has 7 nitrogen and oxygen atoms in total. The lowest BCUT2D eigenvalue weighted by Gasteiger charge is -2.26. The molecule has 1 heterocycles. The fraction of sp³-hybridized carbons (Fsp3) is 0.136. The van der Waals surface area contributed by atoms with E-state index in [4.69, 9.17) is 4.74 Å². The first-order valence-corrected chi connectivity index (χ1v) is 11.3. The summed E-state index contributed by atoms with van der Waals surface area (Å²) < 4.78 is 70.8. The summed E-state index contributed by atoms with van der Waals surface area (Å²) in [6.07, 6.45) is -4.64. The van der Waals surface area contributed by atoms with E-state index in [1.54, 1.807) is 59.5 Å². The molecule has 4 rings (SSSR count). The Balaban J connectivity index is 1.71. The molecule has 2 N–H and O–H groups in total. The van der Waals surface area contributed by atoms with Crippen molar-refractivity contribution in [2.24, 2.45) is 5.10 Å². The molecule has 1 aliphatic rings. The van der Waals surface area contributed by atoms with Crippen LogP contribution in [0.3, 0.4) is 0 Å². The maximum absolute atomic E-state index is 13.6. The van der Waals surface area contributed by atoms with E-state index in [0.29, 0.717) is 11.4 Å². The van der Waals surface area contributed by atoms with Gasteiger partial charge in [-0.1, -0.05) is 36.4 Å². The Morgan fingerprint density at radius 3 is 2.15 bits per heavy atom. The van der Waals surface area contributed by atoms with Gasteiger partial charge in [-0.05, 0) is 48.5 Å². The van der Waals surface area contributed by atoms with Crippen molar-refractivity contribution in [1.82, 2.24) is 5.43 Å². The second-order valence-electron chi connectivity index (χ2n) is 7.00. The van der Waals surface area contributed by atoms with Crippen LogP contribution in [0.25, 0.3) is 0 Å². The number of hydrogen-bond donors (Lipinski definition) is 2. The monoisotopic (exact) mass is 476 g/mol. The summed E-state index contributed by atoms with van der Waals surface area (Å²) in [4.78, 5) is 1.45. The first-order valence-electron chi connectivity index (χ1n) is 9.78. The molecule has 1 atom stereocenters. The number of nitrogens with zero attached hydrogens (tertiary/aromatic N) is 2. The minimum Gasteiger partial charge on any atom is -0.466 e. The van der Waals surface area contributed by atoms with E-state index in [-0.39, 0.29) is 23.1 Å². The lowest BCUT2D eigenvalue weighted by atomic mass is 10.3. The van der Waals surface area contributed by atoms with Gasteiger partial charge >= 0.3 is 6.30 Å². The SMILES string of the molecule is O=S(=O)(c1ccc(NC(F)(F)F)cc1)C(Oc1ccccc1)C1=NNCN1c1ccccc1. The first-order chi connectivity index (χ1) is 15.7. The molecule has 1 aliphatic heterocycles. The van der Waals surface area contributed by atoms with Gasteiger partial charge in [0.15, 0.2) is 5.84 Å². The summed E-state index contributed by atoms with van der Waals surface area (Å²) in [7, 11) is -4.23. The number of amidine groups is 1. The molecule has 0 saturated carbocycles. The first kappa shape index (κ1) is 22.5. The zero-order valence-electron chi connectivity index (χ0n) is 17.0. The Labute approximate surface area is 188 Å². The van der Waals surface area contributed by atoms with Crippen molar-refractivity contribution in [3.05, 3.63) is 84.9 Å². The number of ether oxygens (including phenoxy) is 1. The van der Waals surface area contributed by atoms with Crippen LogP contribution < -0.4 is 20.4 Å². The van der Waals surface area contributed by atoms with Crippen LogP contribution in [0.1, 0.15) is 0 Å². The van der Waals surface area contributed by atoms with Gasteiger partial charge in [-0.3, -0.25) is 10.7 Å². The molecule has 0 spiro atoms. The zero-order chi connectivity index (χ0) is 23.5. The number of para-hydroxylation sites is 2. The summed E-state index contributed by atoms with van der Waals surface area (Å²) in [6.45, 7) is 0.220. The summed E-state index contributed by atoms with van der Waals surface area (Å²) in [5.41, 5.74) is 1.63. The Kier molecular flexibility index (Phi) is 6.14. The minimum absolute atomic E-state index is 0.0996. The summed E-state index contributed by atoms with van der Waals surface area (Å²) in [6, 6.07) is 21.7. The molecule has 0 bridgehead atoms. The molecule has 0 saturated heterocycles. The lowest BCUT2D eigenvalue weighted by molar-refractivity contribution is -0.0999. The molecule has 33 heavy (non-hydrogen) atoms. The van der Waals surface area contributed by atoms with Crippen LogP contribution in [-0.4, -0.2) is 32.7 Å². The largest absolute Gasteiger partial charge is 0.482 e. The fourth-order valence-corrected chi connectivity index (χ4v) is 4.69. The third kappa shape index (κ3) is 5.20. The van der Waals surface area contributed by atoms with Crippen LogP contribution in [0.5, 0.6) is 5.75 Å². The Morgan fingerprint density at radius 1 is 0.939 bits per heavy atom. The molecule has 0 amide bonds. The van der Waals surface area contributed by atoms with Gasteiger partial charge in [-0.25, -0.2) is 8.42 Å². The molecule has 3 aromatic carbocycles. The quantitative estimate of drug-likeness (QED) is 0.498. The van der Waals surface area contributed by atoms with Crippen molar-refractivity contribution in [1.29, 1.82) is 0 Å². The number of nitrogens with one attached hydrogen (secondary N) is 2. The fourth-order valence-electron chi connectivity index (χ4n) is 3.23. The van der Waals surface area contributed by atoms with Crippen molar-refractivity contribution in [3.63, 3.8) is 0 Å². The van der Waals surface area contributed by atoms with Gasteiger partial charge < -0.3 is 9.64 Å². The van der Waals surface area contributed by atoms with Crippen molar-refractivity contribution >= 4 is 27.0 Å². The number of anilines is 2. The van der Waals surface area contributed by atoms with Crippen molar-refractivity contribution in [3.8, 4) is 5.75 Å². The average Bonchev–Trinajstić information content (AvgIpc) is 3.27. The highest BCUT2D eigenvalue weighted by atomic mass is 32.2. The second kappa shape index (κ2) is 9.02. The summed E-state index contributed by atoms with van der Waals surface area (Å²) >= 11 is 0. The van der Waals surface area contributed by atoms with Crippen LogP contribution in [0.4, 0.5) is 24.5 Å². The number of hydrogen-bond acceptors (Lipinski definition) is 7. The van der Waals surface area contributed by atoms with Gasteiger partial charge in [-0.15, -0.1) is 0 Å². The molecule has 0 fully saturated rings. The van der Waals surface area contributed by atoms with Gasteiger partial charge in [0, 0.05) is 11.4 Å². The third-order valence-electron chi connectivity index (χ3n) is 4.71. The van der Waals surface area contributed by atoms with E-state index in [1.165, 1.54) is 5.32 Å². The number of hydrazone groups is 1. The normalized spacial score (nSPS) is 14.9. The van der Waals surface area contributed by atoms with E-state index in [1.807, 2.05) is 6.07 Å². The predicted molar refractivity (Wildman–Crippen MR) is 119 cm³/mol. The molecule has 0 aliphatic carbocycles. The minimum atomic E-state index is -4.64. The Morgan fingerprint density at radius 2 is 1.55 bits per heavy atom. The molecule has 0 radical (unpaired) electrons. The standard InChI is InChI=1S/C22H19F3N4O3S/c23-22(24,25)27-16-11-13-19(14-12-16)33(30,31)21(32-18-9-5-2-6-10-18)20-28-26-15-29(20)17-7-3-1-4-8-17/h1-14,21,26-27H,15H2. The van der Waals surface area contributed by atoms with Gasteiger partial charge in [-0.2, -0.15) is 18.3 Å². The summed E-state index contributed by atoms with van der Waals surface area (Å²) in [5.74, 6) is 0.395. The van der Waals surface area contributed by atoms with Gasteiger partial charge in [0.1, 0.15) is 12.4 Å². The van der Waals surface area contributed by atoms with E-state index < -0.39 is 21.6 Å². The van der Waals surface area contributed by atoms with Crippen molar-refractivity contribution in [2.75, 3.05) is 16.9 Å². The Bertz CT molecular complexity index is 1220. The van der Waals surface area contributed by atoms with Crippen LogP contribution in [-0.2, 0) is 9.84 Å². The average molecular weight is 476 g/mol. The topological polar surface area (TPSA) is 83.0 Å². The number of sulfone groups is 1. The number of halogens is 3. The maximum Gasteiger partial charge on any atom is 0.482 e. The van der Waals surface area contributed by atoms with Crippen LogP contribution in [0.15, 0.2) is 94.9 Å². The van der Waals surface area contributed by atoms with E-state index in [9.17, 15) is 21.6 Å². The van der Waals surface area contributed by atoms with Crippen molar-refractivity contribution in [2.45, 2.75) is 16.6 Å². The van der Waals surface area contributed by atoms with Crippen LogP contribution >= 0.6 is 0 Å². The predicted octanol–water partition coefficient (Wildman–Crippen LogP) is 4.18. The number of rotatable bonds is 7. The van der Waals surface area contributed by atoms with Crippen LogP contribution in [0.2, 0.25) is 0 Å². The highest BCUT2D eigenvalue weighted by Gasteiger charge is 2.40. The van der Waals surface area contributed by atoms with Gasteiger partial charge in [0.2, 0.25) is 9.84 Å². The van der Waals surface area contributed by atoms with E-state index >= 15 is 0 Å². The molecular weight excluding hydrogens is 457 g/mol. The second-order valence-corrected chi connectivity index (χ2v) is 8.99. The molecule has 0 aromatic heterocycles. The van der Waals surface area contributed by atoms with Gasteiger partial charge in [0.25, 0.3) is 5.44 Å². The van der Waals surface area contributed by atoms with E-state index in [2.05, 4.69) is 10.5 Å². The molecule has 172 valence electrons. The van der Waals surface area contributed by atoms with Gasteiger partial charge in [0.05, 0.1) is 4.90 Å². The number of alkyl halides is 3. The Hall–Kier alpha value is -3.73. The third-order valence-corrected chi connectivity index (χ3v) is 6.51. The maximum atomic E-state index is 13.6. The summed E-state index contributed by atoms with van der Waals surface area (Å²) in [5, 5.41) is 5.52. The lowest BCUT2D eigenvalue weighted by Crippen LogP contribution is -2.44. The number of benzene rings is 3. The van der Waals surface area contributed by atoms with Crippen LogP contribution in [0, 0.1) is 0 Å². The zero-order valence-corrected chi connectivity index (χ0v) is 17.8.